The summed E-state index contributed by atoms with van der Waals surface area (Å²) in [5.74, 6) is 0.687. The Morgan fingerprint density at radius 2 is 2.04 bits per heavy atom. The zero-order valence-corrected chi connectivity index (χ0v) is 17.1. The summed E-state index contributed by atoms with van der Waals surface area (Å²) in [5.41, 5.74) is 3.27. The van der Waals surface area contributed by atoms with E-state index in [1.165, 1.54) is 0 Å². The lowest BCUT2D eigenvalue weighted by Crippen LogP contribution is -2.17. The molecule has 5 nitrogen and oxygen atoms in total. The van der Waals surface area contributed by atoms with Gasteiger partial charge in [-0.3, -0.25) is 4.79 Å². The predicted octanol–water partition coefficient (Wildman–Crippen LogP) is 4.61. The van der Waals surface area contributed by atoms with Crippen molar-refractivity contribution >= 4 is 39.9 Å². The molecule has 1 aromatic heterocycles. The van der Waals surface area contributed by atoms with Crippen molar-refractivity contribution in [1.82, 2.24) is 9.97 Å². The summed E-state index contributed by atoms with van der Waals surface area (Å²) in [4.78, 5) is 21.4. The van der Waals surface area contributed by atoms with Crippen LogP contribution >= 0.6 is 22.6 Å². The van der Waals surface area contributed by atoms with Gasteiger partial charge in [0.1, 0.15) is 0 Å². The van der Waals surface area contributed by atoms with Gasteiger partial charge in [0.05, 0.1) is 29.8 Å². The highest BCUT2D eigenvalue weighted by molar-refractivity contribution is 14.1. The fourth-order valence-electron chi connectivity index (χ4n) is 2.67. The Kier molecular flexibility index (Phi) is 6.39. The number of rotatable bonds is 5. The van der Waals surface area contributed by atoms with Crippen molar-refractivity contribution in [2.45, 2.75) is 26.2 Å². The van der Waals surface area contributed by atoms with E-state index >= 15 is 0 Å². The van der Waals surface area contributed by atoms with Gasteiger partial charge in [-0.05, 0) is 58.9 Å². The average molecular weight is 473 g/mol. The molecule has 2 N–H and O–H groups in total. The third-order valence-corrected chi connectivity index (χ3v) is 4.81. The lowest BCUT2D eigenvalue weighted by Gasteiger charge is -2.10. The van der Waals surface area contributed by atoms with Crippen LogP contribution in [-0.4, -0.2) is 21.0 Å². The maximum Gasteiger partial charge on any atom is 0.229 e. The van der Waals surface area contributed by atoms with Gasteiger partial charge in [0.15, 0.2) is 5.82 Å². The molecule has 3 rings (SSSR count). The molecule has 0 spiro atoms. The van der Waals surface area contributed by atoms with E-state index in [0.29, 0.717) is 36.5 Å². The van der Waals surface area contributed by atoms with Crippen LogP contribution in [0.4, 0.5) is 5.82 Å². The number of anilines is 1. The number of benzene rings is 1. The smallest absolute Gasteiger partial charge is 0.229 e. The maximum atomic E-state index is 12.4. The van der Waals surface area contributed by atoms with Gasteiger partial charge in [-0.1, -0.05) is 31.2 Å². The molecule has 1 heterocycles. The van der Waals surface area contributed by atoms with E-state index in [0.717, 1.165) is 20.4 Å². The number of allylic oxidation sites excluding steroid dienone is 5. The van der Waals surface area contributed by atoms with E-state index in [-0.39, 0.29) is 5.91 Å². The molecular formula is C21H20IN3O2. The first kappa shape index (κ1) is 19.3. The van der Waals surface area contributed by atoms with E-state index in [2.05, 4.69) is 37.9 Å². The van der Waals surface area contributed by atoms with E-state index in [4.69, 9.17) is 0 Å². The lowest BCUT2D eigenvalue weighted by molar-refractivity contribution is -0.115. The molecule has 0 radical (unpaired) electrons. The van der Waals surface area contributed by atoms with E-state index in [9.17, 15) is 9.90 Å². The summed E-state index contributed by atoms with van der Waals surface area (Å²) < 4.78 is 1.14. The van der Waals surface area contributed by atoms with Crippen LogP contribution in [0.5, 0.6) is 0 Å². The minimum Gasteiger partial charge on any atom is -0.512 e. The van der Waals surface area contributed by atoms with Crippen molar-refractivity contribution in [1.29, 1.82) is 0 Å². The summed E-state index contributed by atoms with van der Waals surface area (Å²) in [7, 11) is 0. The van der Waals surface area contributed by atoms with Gasteiger partial charge < -0.3 is 10.4 Å². The maximum absolute atomic E-state index is 12.4. The second-order valence-corrected chi connectivity index (χ2v) is 7.39. The normalized spacial score (nSPS) is 13.6. The zero-order valence-electron chi connectivity index (χ0n) is 14.9. The van der Waals surface area contributed by atoms with Crippen molar-refractivity contribution < 1.29 is 9.90 Å². The molecule has 6 heteroatoms. The fraction of sp³-hybridized carbons (Fsp3) is 0.190. The zero-order chi connectivity index (χ0) is 19.2. The quantitative estimate of drug-likeness (QED) is 0.623. The minimum atomic E-state index is -0.116. The molecule has 0 unspecified atom stereocenters. The first-order valence-electron chi connectivity index (χ1n) is 8.72. The number of carbonyl (C=O) groups excluding carboxylic acids is 1. The number of aromatic nitrogens is 2. The summed E-state index contributed by atoms with van der Waals surface area (Å²) in [6, 6.07) is 7.86. The number of hydrogen-bond acceptors (Lipinski definition) is 4. The van der Waals surface area contributed by atoms with E-state index in [1.54, 1.807) is 12.3 Å². The first-order valence-corrected chi connectivity index (χ1v) is 9.80. The van der Waals surface area contributed by atoms with Crippen molar-refractivity contribution in [2.75, 3.05) is 5.32 Å². The second-order valence-electron chi connectivity index (χ2n) is 6.14. The Bertz CT molecular complexity index is 931. The van der Waals surface area contributed by atoms with Crippen molar-refractivity contribution in [3.63, 3.8) is 0 Å². The highest BCUT2D eigenvalue weighted by Gasteiger charge is 2.12. The van der Waals surface area contributed by atoms with Gasteiger partial charge >= 0.3 is 0 Å². The molecule has 0 saturated carbocycles. The fourth-order valence-corrected chi connectivity index (χ4v) is 3.03. The van der Waals surface area contributed by atoms with Gasteiger partial charge in [-0.2, -0.15) is 0 Å². The standard InChI is InChI=1S/C21H20IN3O2/c1-2-18-21(25-20(27)12-14-6-9-16(22)10-7-14)23-13-19(24-18)15-4-3-5-17(26)11-8-15/h3-4,6-11,13,26H,2,5,12H2,1H3,(H,23,25,27). The van der Waals surface area contributed by atoms with Crippen LogP contribution in [0.15, 0.2) is 60.5 Å². The monoisotopic (exact) mass is 473 g/mol. The third kappa shape index (κ3) is 5.26. The number of amides is 1. The number of nitrogens with one attached hydrogen (secondary N) is 1. The Hall–Kier alpha value is -2.48. The Morgan fingerprint density at radius 3 is 2.78 bits per heavy atom. The predicted molar refractivity (Wildman–Crippen MR) is 115 cm³/mol. The SMILES string of the molecule is CCc1nc(C2=CC=C(O)CC=C2)cnc1NC(=O)Cc1ccc(I)cc1. The number of hydrogen-bond donors (Lipinski definition) is 2. The highest BCUT2D eigenvalue weighted by atomic mass is 127. The Balaban J connectivity index is 1.76. The van der Waals surface area contributed by atoms with Gasteiger partial charge in [0, 0.05) is 15.6 Å². The van der Waals surface area contributed by atoms with Crippen LogP contribution in [0.2, 0.25) is 0 Å². The molecule has 0 fully saturated rings. The largest absolute Gasteiger partial charge is 0.512 e. The summed E-state index contributed by atoms with van der Waals surface area (Å²) in [6.07, 6.45) is 10.4. The number of aliphatic hydroxyl groups is 1. The van der Waals surface area contributed by atoms with Crippen LogP contribution in [0.3, 0.4) is 0 Å². The Labute approximate surface area is 172 Å². The molecule has 0 bridgehead atoms. The Morgan fingerprint density at radius 1 is 1.26 bits per heavy atom. The average Bonchev–Trinajstić information content (AvgIpc) is 2.88. The molecular weight excluding hydrogens is 453 g/mol. The number of aryl methyl sites for hydroxylation is 1. The molecule has 2 aromatic rings. The van der Waals surface area contributed by atoms with Gasteiger partial charge in [0.25, 0.3) is 0 Å². The molecule has 0 saturated heterocycles. The van der Waals surface area contributed by atoms with Crippen LogP contribution in [-0.2, 0) is 17.6 Å². The summed E-state index contributed by atoms with van der Waals surface area (Å²) in [5, 5.41) is 12.5. The van der Waals surface area contributed by atoms with Crippen molar-refractivity contribution in [3.05, 3.63) is 81.0 Å². The van der Waals surface area contributed by atoms with Crippen molar-refractivity contribution in [3.8, 4) is 0 Å². The molecule has 1 aliphatic rings. The van der Waals surface area contributed by atoms with Crippen LogP contribution in [0.1, 0.15) is 30.3 Å². The molecule has 0 aliphatic heterocycles. The van der Waals surface area contributed by atoms with Crippen LogP contribution in [0, 0.1) is 3.57 Å². The van der Waals surface area contributed by atoms with Crippen molar-refractivity contribution in [2.24, 2.45) is 0 Å². The van der Waals surface area contributed by atoms with E-state index < -0.39 is 0 Å². The van der Waals surface area contributed by atoms with Gasteiger partial charge in [0.2, 0.25) is 5.91 Å². The minimum absolute atomic E-state index is 0.116. The molecule has 1 aromatic carbocycles. The molecule has 1 aliphatic carbocycles. The third-order valence-electron chi connectivity index (χ3n) is 4.09. The molecule has 138 valence electrons. The number of halogens is 1. The lowest BCUT2D eigenvalue weighted by atomic mass is 10.1. The first-order chi connectivity index (χ1) is 13.0. The van der Waals surface area contributed by atoms with Crippen LogP contribution < -0.4 is 5.32 Å². The van der Waals surface area contributed by atoms with Gasteiger partial charge in [-0.25, -0.2) is 9.97 Å². The van der Waals surface area contributed by atoms with Gasteiger partial charge in [-0.15, -0.1) is 0 Å². The number of aliphatic hydroxyl groups excluding tert-OH is 1. The van der Waals surface area contributed by atoms with E-state index in [1.807, 2.05) is 49.4 Å². The molecule has 1 amide bonds. The highest BCUT2D eigenvalue weighted by Crippen LogP contribution is 2.21. The summed E-state index contributed by atoms with van der Waals surface area (Å²) >= 11 is 2.24. The second kappa shape index (κ2) is 8.94. The molecule has 0 atom stereocenters. The topological polar surface area (TPSA) is 75.1 Å². The number of carbonyl (C=O) groups is 1. The number of nitrogens with zero attached hydrogens (tertiary/aromatic N) is 2. The summed E-state index contributed by atoms with van der Waals surface area (Å²) in [6.45, 7) is 1.98. The molecule has 27 heavy (non-hydrogen) atoms. The van der Waals surface area contributed by atoms with Crippen LogP contribution in [0.25, 0.3) is 5.57 Å².